The summed E-state index contributed by atoms with van der Waals surface area (Å²) in [7, 11) is 3.62. The van der Waals surface area contributed by atoms with E-state index in [2.05, 4.69) is 15.5 Å². The Bertz CT molecular complexity index is 236. The van der Waals surface area contributed by atoms with Crippen LogP contribution in [0.5, 0.6) is 0 Å². The largest absolute Gasteiger partial charge is 0.383 e. The fourth-order valence-corrected chi connectivity index (χ4v) is 2.44. The minimum absolute atomic E-state index is 0.114. The fourth-order valence-electron chi connectivity index (χ4n) is 2.44. The van der Waals surface area contributed by atoms with Gasteiger partial charge in [-0.3, -0.25) is 9.69 Å². The molecule has 1 atom stereocenters. The van der Waals surface area contributed by atoms with E-state index in [4.69, 9.17) is 4.74 Å². The van der Waals surface area contributed by atoms with Gasteiger partial charge in [-0.05, 0) is 39.4 Å². The molecule has 106 valence electrons. The van der Waals surface area contributed by atoms with Crippen LogP contribution in [0.3, 0.4) is 0 Å². The van der Waals surface area contributed by atoms with Crippen molar-refractivity contribution >= 4 is 5.91 Å². The number of hydrogen-bond donors (Lipinski definition) is 2. The molecule has 1 amide bonds. The van der Waals surface area contributed by atoms with Crippen LogP contribution in [0.1, 0.15) is 25.7 Å². The van der Waals surface area contributed by atoms with Crippen LogP contribution in [-0.2, 0) is 9.53 Å². The zero-order chi connectivity index (χ0) is 13.2. The van der Waals surface area contributed by atoms with Gasteiger partial charge in [0.25, 0.3) is 0 Å². The van der Waals surface area contributed by atoms with Crippen molar-refractivity contribution in [2.45, 2.75) is 31.7 Å². The third-order valence-electron chi connectivity index (χ3n) is 3.45. The molecular formula is C13H27N3O2. The second kappa shape index (κ2) is 9.30. The van der Waals surface area contributed by atoms with Gasteiger partial charge in [0.1, 0.15) is 0 Å². The number of likely N-dealkylation sites (tertiary alicyclic amines) is 1. The van der Waals surface area contributed by atoms with Crippen molar-refractivity contribution < 1.29 is 9.53 Å². The van der Waals surface area contributed by atoms with Crippen LogP contribution in [0.4, 0.5) is 0 Å². The molecule has 1 aliphatic heterocycles. The number of carbonyl (C=O) groups is 1. The molecule has 0 aliphatic carbocycles. The van der Waals surface area contributed by atoms with Gasteiger partial charge in [0.15, 0.2) is 0 Å². The highest BCUT2D eigenvalue weighted by atomic mass is 16.5. The average molecular weight is 257 g/mol. The Hall–Kier alpha value is -0.650. The Morgan fingerprint density at radius 1 is 1.39 bits per heavy atom. The molecule has 18 heavy (non-hydrogen) atoms. The molecule has 1 rings (SSSR count). The lowest BCUT2D eigenvalue weighted by molar-refractivity contribution is -0.123. The molecule has 1 unspecified atom stereocenters. The van der Waals surface area contributed by atoms with E-state index in [0.29, 0.717) is 25.7 Å². The second-order valence-corrected chi connectivity index (χ2v) is 4.86. The number of hydrogen-bond acceptors (Lipinski definition) is 4. The molecule has 0 aromatic carbocycles. The summed E-state index contributed by atoms with van der Waals surface area (Å²) in [4.78, 5) is 14.1. The average Bonchev–Trinajstić information content (AvgIpc) is 2.38. The number of carbonyl (C=O) groups excluding carboxylic acids is 1. The van der Waals surface area contributed by atoms with Gasteiger partial charge in [-0.15, -0.1) is 0 Å². The Kier molecular flexibility index (Phi) is 7.96. The maximum atomic E-state index is 11.8. The molecule has 0 saturated carbocycles. The molecule has 0 aromatic rings. The quantitative estimate of drug-likeness (QED) is 0.611. The van der Waals surface area contributed by atoms with Gasteiger partial charge in [-0.25, -0.2) is 0 Å². The van der Waals surface area contributed by atoms with Crippen molar-refractivity contribution in [1.82, 2.24) is 15.5 Å². The maximum Gasteiger partial charge on any atom is 0.234 e. The maximum absolute atomic E-state index is 11.8. The minimum Gasteiger partial charge on any atom is -0.383 e. The van der Waals surface area contributed by atoms with E-state index in [0.717, 1.165) is 19.5 Å². The smallest absolute Gasteiger partial charge is 0.234 e. The standard InChI is InChI=1S/C13H27N3O2/c1-14-7-6-12-5-3-4-9-16(12)11-13(17)15-8-10-18-2/h12,14H,3-11H2,1-2H3,(H,15,17). The van der Waals surface area contributed by atoms with E-state index in [1.165, 1.54) is 19.3 Å². The number of methoxy groups -OCH3 is 1. The fraction of sp³-hybridized carbons (Fsp3) is 0.923. The van der Waals surface area contributed by atoms with Crippen molar-refractivity contribution in [2.75, 3.05) is 46.9 Å². The summed E-state index contributed by atoms with van der Waals surface area (Å²) in [6.07, 6.45) is 4.84. The van der Waals surface area contributed by atoms with Gasteiger partial charge in [-0.2, -0.15) is 0 Å². The first kappa shape index (κ1) is 15.4. The van der Waals surface area contributed by atoms with Gasteiger partial charge in [0.05, 0.1) is 13.2 Å². The zero-order valence-corrected chi connectivity index (χ0v) is 11.7. The summed E-state index contributed by atoms with van der Waals surface area (Å²) >= 11 is 0. The number of piperidine rings is 1. The number of nitrogens with zero attached hydrogens (tertiary/aromatic N) is 1. The summed E-state index contributed by atoms with van der Waals surface area (Å²) in [5.74, 6) is 0.114. The molecule has 2 N–H and O–H groups in total. The zero-order valence-electron chi connectivity index (χ0n) is 11.7. The van der Waals surface area contributed by atoms with Crippen LogP contribution in [0.25, 0.3) is 0 Å². The Balaban J connectivity index is 2.29. The van der Waals surface area contributed by atoms with Crippen LogP contribution < -0.4 is 10.6 Å². The third-order valence-corrected chi connectivity index (χ3v) is 3.45. The first-order valence-electron chi connectivity index (χ1n) is 6.92. The summed E-state index contributed by atoms with van der Waals surface area (Å²) in [6, 6.07) is 0.555. The lowest BCUT2D eigenvalue weighted by Crippen LogP contribution is -2.46. The molecule has 0 bridgehead atoms. The summed E-state index contributed by atoms with van der Waals surface area (Å²) in [5, 5.41) is 6.07. The van der Waals surface area contributed by atoms with Gasteiger partial charge >= 0.3 is 0 Å². The molecule has 1 saturated heterocycles. The molecule has 0 spiro atoms. The summed E-state index contributed by atoms with van der Waals surface area (Å²) < 4.78 is 4.92. The van der Waals surface area contributed by atoms with E-state index < -0.39 is 0 Å². The summed E-state index contributed by atoms with van der Waals surface area (Å²) in [6.45, 7) is 3.77. The monoisotopic (exact) mass is 257 g/mol. The molecule has 1 aliphatic rings. The second-order valence-electron chi connectivity index (χ2n) is 4.86. The molecule has 1 heterocycles. The highest BCUT2D eigenvalue weighted by Gasteiger charge is 2.23. The van der Waals surface area contributed by atoms with E-state index in [9.17, 15) is 4.79 Å². The molecule has 5 heteroatoms. The topological polar surface area (TPSA) is 53.6 Å². The predicted octanol–water partition coefficient (Wildman–Crippen LogP) is 0.213. The van der Waals surface area contributed by atoms with Crippen LogP contribution in [0, 0.1) is 0 Å². The van der Waals surface area contributed by atoms with Crippen molar-refractivity contribution in [3.63, 3.8) is 0 Å². The SMILES string of the molecule is CNCCC1CCCCN1CC(=O)NCCOC. The number of amides is 1. The van der Waals surface area contributed by atoms with Gasteiger partial charge in [-0.1, -0.05) is 6.42 Å². The van der Waals surface area contributed by atoms with Crippen molar-refractivity contribution in [1.29, 1.82) is 0 Å². The first-order chi connectivity index (χ1) is 8.77. The lowest BCUT2D eigenvalue weighted by atomic mass is 9.99. The normalized spacial score (nSPS) is 20.9. The molecular weight excluding hydrogens is 230 g/mol. The Morgan fingerprint density at radius 3 is 2.94 bits per heavy atom. The van der Waals surface area contributed by atoms with Crippen molar-refractivity contribution in [3.8, 4) is 0 Å². The van der Waals surface area contributed by atoms with Gasteiger partial charge in [0.2, 0.25) is 5.91 Å². The van der Waals surface area contributed by atoms with Crippen LogP contribution >= 0.6 is 0 Å². The predicted molar refractivity (Wildman–Crippen MR) is 72.6 cm³/mol. The number of ether oxygens (including phenoxy) is 1. The van der Waals surface area contributed by atoms with Gasteiger partial charge < -0.3 is 15.4 Å². The van der Waals surface area contributed by atoms with E-state index in [1.807, 2.05) is 7.05 Å². The van der Waals surface area contributed by atoms with E-state index in [-0.39, 0.29) is 5.91 Å². The molecule has 0 radical (unpaired) electrons. The van der Waals surface area contributed by atoms with Crippen molar-refractivity contribution in [3.05, 3.63) is 0 Å². The molecule has 5 nitrogen and oxygen atoms in total. The summed E-state index contributed by atoms with van der Waals surface area (Å²) in [5.41, 5.74) is 0. The van der Waals surface area contributed by atoms with Crippen molar-refractivity contribution in [2.24, 2.45) is 0 Å². The lowest BCUT2D eigenvalue weighted by Gasteiger charge is -2.35. The van der Waals surface area contributed by atoms with Crippen LogP contribution in [0.15, 0.2) is 0 Å². The van der Waals surface area contributed by atoms with Crippen LogP contribution in [0.2, 0.25) is 0 Å². The molecule has 0 aromatic heterocycles. The third kappa shape index (κ3) is 5.80. The Labute approximate surface area is 110 Å². The van der Waals surface area contributed by atoms with Gasteiger partial charge in [0, 0.05) is 19.7 Å². The highest BCUT2D eigenvalue weighted by Crippen LogP contribution is 2.18. The number of rotatable bonds is 8. The Morgan fingerprint density at radius 2 is 2.22 bits per heavy atom. The highest BCUT2D eigenvalue weighted by molar-refractivity contribution is 5.78. The first-order valence-corrected chi connectivity index (χ1v) is 6.92. The van der Waals surface area contributed by atoms with Crippen LogP contribution in [-0.4, -0.2) is 63.8 Å². The minimum atomic E-state index is 0.114. The number of nitrogens with one attached hydrogen (secondary N) is 2. The van der Waals surface area contributed by atoms with E-state index in [1.54, 1.807) is 7.11 Å². The molecule has 1 fully saturated rings. The van der Waals surface area contributed by atoms with E-state index >= 15 is 0 Å².